The van der Waals surface area contributed by atoms with E-state index >= 15 is 0 Å². The third-order valence-electron chi connectivity index (χ3n) is 3.72. The lowest BCUT2D eigenvalue weighted by Crippen LogP contribution is -2.23. The van der Waals surface area contributed by atoms with Gasteiger partial charge in [0.2, 0.25) is 0 Å². The Morgan fingerprint density at radius 3 is 1.32 bits per heavy atom. The molecule has 0 fully saturated rings. The fraction of sp³-hybridized carbons (Fsp3) is 1.00. The number of hydrogen-bond acceptors (Lipinski definition) is 3. The maximum absolute atomic E-state index is 8.79. The molecule has 0 saturated carbocycles. The van der Waals surface area contributed by atoms with Crippen LogP contribution >= 0.6 is 0 Å². The third kappa shape index (κ3) is 15.8. The first-order valence-electron chi connectivity index (χ1n) is 8.28. The predicted molar refractivity (Wildman–Crippen MR) is 82.2 cm³/mol. The van der Waals surface area contributed by atoms with Crippen LogP contribution in [0.5, 0.6) is 0 Å². The first kappa shape index (κ1) is 18.9. The van der Waals surface area contributed by atoms with Crippen LogP contribution in [0.1, 0.15) is 83.5 Å². The Kier molecular flexibility index (Phi) is 15.8. The molecule has 1 unspecified atom stereocenters. The monoisotopic (exact) mass is 273 g/mol. The van der Waals surface area contributed by atoms with E-state index in [0.29, 0.717) is 6.61 Å². The quantitative estimate of drug-likeness (QED) is 0.401. The molecule has 0 saturated heterocycles. The zero-order valence-electron chi connectivity index (χ0n) is 12.7. The van der Waals surface area contributed by atoms with E-state index in [0.717, 1.165) is 19.3 Å². The molecule has 0 aromatic heterocycles. The topological polar surface area (TPSA) is 66.5 Å². The lowest BCUT2D eigenvalue weighted by Gasteiger charge is -2.07. The van der Waals surface area contributed by atoms with Gasteiger partial charge in [-0.05, 0) is 12.8 Å². The molecule has 19 heavy (non-hydrogen) atoms. The Hall–Kier alpha value is -0.120. The lowest BCUT2D eigenvalue weighted by atomic mass is 10.0. The summed E-state index contributed by atoms with van der Waals surface area (Å²) in [6, 6.07) is -0.00849. The Morgan fingerprint density at radius 1 is 0.579 bits per heavy atom. The van der Waals surface area contributed by atoms with E-state index in [9.17, 15) is 0 Å². The summed E-state index contributed by atoms with van der Waals surface area (Å²) in [5.74, 6) is 0. The fourth-order valence-corrected chi connectivity index (χ4v) is 2.38. The molecule has 0 bridgehead atoms. The van der Waals surface area contributed by atoms with E-state index in [1.165, 1.54) is 64.2 Å². The molecule has 0 heterocycles. The largest absolute Gasteiger partial charge is 0.396 e. The van der Waals surface area contributed by atoms with Crippen molar-refractivity contribution in [1.82, 2.24) is 0 Å². The van der Waals surface area contributed by atoms with Crippen molar-refractivity contribution in [2.75, 3.05) is 13.2 Å². The zero-order valence-corrected chi connectivity index (χ0v) is 12.7. The molecule has 116 valence electrons. The highest BCUT2D eigenvalue weighted by Crippen LogP contribution is 2.12. The van der Waals surface area contributed by atoms with Gasteiger partial charge in [-0.3, -0.25) is 0 Å². The SMILES string of the molecule is NC(CO)CCCCCCCCCCCCCCO. The van der Waals surface area contributed by atoms with Gasteiger partial charge in [0.05, 0.1) is 6.61 Å². The van der Waals surface area contributed by atoms with E-state index in [1.807, 2.05) is 0 Å². The highest BCUT2D eigenvalue weighted by molar-refractivity contribution is 4.58. The van der Waals surface area contributed by atoms with Crippen molar-refractivity contribution in [3.63, 3.8) is 0 Å². The number of nitrogens with two attached hydrogens (primary N) is 1. The van der Waals surface area contributed by atoms with E-state index in [-0.39, 0.29) is 12.6 Å². The zero-order chi connectivity index (χ0) is 14.2. The standard InChI is InChI=1S/C16H35NO2/c17-16(15-19)13-11-9-7-5-3-1-2-4-6-8-10-12-14-18/h16,18-19H,1-15,17H2. The molecule has 0 aliphatic carbocycles. The number of unbranched alkanes of at least 4 members (excludes halogenated alkanes) is 11. The predicted octanol–water partition coefficient (Wildman–Crippen LogP) is 3.37. The first-order chi connectivity index (χ1) is 9.31. The highest BCUT2D eigenvalue weighted by atomic mass is 16.3. The molecule has 3 heteroatoms. The minimum absolute atomic E-state index is 0.00849. The summed E-state index contributed by atoms with van der Waals surface area (Å²) in [4.78, 5) is 0. The molecule has 0 aromatic rings. The van der Waals surface area contributed by atoms with Crippen LogP contribution in [0.4, 0.5) is 0 Å². The van der Waals surface area contributed by atoms with Crippen molar-refractivity contribution in [1.29, 1.82) is 0 Å². The summed E-state index contributed by atoms with van der Waals surface area (Å²) in [6.45, 7) is 0.474. The van der Waals surface area contributed by atoms with E-state index in [1.54, 1.807) is 0 Å². The van der Waals surface area contributed by atoms with Crippen molar-refractivity contribution in [2.45, 2.75) is 89.5 Å². The maximum Gasteiger partial charge on any atom is 0.0582 e. The Morgan fingerprint density at radius 2 is 0.947 bits per heavy atom. The van der Waals surface area contributed by atoms with Crippen molar-refractivity contribution >= 4 is 0 Å². The molecular weight excluding hydrogens is 238 g/mol. The van der Waals surface area contributed by atoms with Crippen molar-refractivity contribution in [3.05, 3.63) is 0 Å². The van der Waals surface area contributed by atoms with Crippen LogP contribution in [0, 0.1) is 0 Å². The van der Waals surface area contributed by atoms with E-state index in [2.05, 4.69) is 0 Å². The molecular formula is C16H35NO2. The van der Waals surface area contributed by atoms with Gasteiger partial charge >= 0.3 is 0 Å². The van der Waals surface area contributed by atoms with E-state index < -0.39 is 0 Å². The summed E-state index contributed by atoms with van der Waals surface area (Å²) in [6.07, 6.45) is 16.3. The first-order valence-corrected chi connectivity index (χ1v) is 8.28. The number of hydrogen-bond donors (Lipinski definition) is 3. The van der Waals surface area contributed by atoms with Gasteiger partial charge < -0.3 is 15.9 Å². The molecule has 0 amide bonds. The summed E-state index contributed by atoms with van der Waals surface area (Å²) < 4.78 is 0. The molecule has 0 aliphatic rings. The second kappa shape index (κ2) is 15.9. The van der Waals surface area contributed by atoms with Crippen LogP contribution in [0.2, 0.25) is 0 Å². The lowest BCUT2D eigenvalue weighted by molar-refractivity contribution is 0.257. The fourth-order valence-electron chi connectivity index (χ4n) is 2.38. The van der Waals surface area contributed by atoms with Crippen LogP contribution in [0.25, 0.3) is 0 Å². The smallest absolute Gasteiger partial charge is 0.0582 e. The summed E-state index contributed by atoms with van der Waals surface area (Å²) in [7, 11) is 0. The van der Waals surface area contributed by atoms with Gasteiger partial charge in [0.25, 0.3) is 0 Å². The maximum atomic E-state index is 8.79. The van der Waals surface area contributed by atoms with Gasteiger partial charge in [0, 0.05) is 12.6 Å². The second-order valence-corrected chi connectivity index (χ2v) is 5.70. The second-order valence-electron chi connectivity index (χ2n) is 5.70. The molecule has 4 N–H and O–H groups in total. The number of aliphatic hydroxyl groups is 2. The normalized spacial score (nSPS) is 12.8. The Bertz CT molecular complexity index is 165. The van der Waals surface area contributed by atoms with Gasteiger partial charge in [-0.25, -0.2) is 0 Å². The van der Waals surface area contributed by atoms with Crippen molar-refractivity contribution in [2.24, 2.45) is 5.73 Å². The molecule has 0 aromatic carbocycles. The summed E-state index contributed by atoms with van der Waals surface area (Å²) >= 11 is 0. The number of rotatable bonds is 15. The van der Waals surface area contributed by atoms with Crippen LogP contribution in [-0.4, -0.2) is 29.5 Å². The van der Waals surface area contributed by atoms with Crippen molar-refractivity contribution in [3.8, 4) is 0 Å². The van der Waals surface area contributed by atoms with Gasteiger partial charge in [0.1, 0.15) is 0 Å². The number of aliphatic hydroxyl groups excluding tert-OH is 2. The molecule has 0 rings (SSSR count). The average molecular weight is 273 g/mol. The van der Waals surface area contributed by atoms with Crippen LogP contribution in [-0.2, 0) is 0 Å². The van der Waals surface area contributed by atoms with Gasteiger partial charge in [0.15, 0.2) is 0 Å². The summed E-state index contributed by atoms with van der Waals surface area (Å²) in [5.41, 5.74) is 5.65. The molecule has 0 radical (unpaired) electrons. The van der Waals surface area contributed by atoms with Crippen LogP contribution < -0.4 is 5.73 Å². The molecule has 0 aliphatic heterocycles. The Balaban J connectivity index is 2.95. The third-order valence-corrected chi connectivity index (χ3v) is 3.72. The van der Waals surface area contributed by atoms with Crippen molar-refractivity contribution < 1.29 is 10.2 Å². The molecule has 0 spiro atoms. The average Bonchev–Trinajstić information content (AvgIpc) is 2.43. The van der Waals surface area contributed by atoms with Gasteiger partial charge in [-0.2, -0.15) is 0 Å². The highest BCUT2D eigenvalue weighted by Gasteiger charge is 1.99. The minimum Gasteiger partial charge on any atom is -0.396 e. The Labute approximate surface area is 119 Å². The van der Waals surface area contributed by atoms with E-state index in [4.69, 9.17) is 15.9 Å². The van der Waals surface area contributed by atoms with Crippen LogP contribution in [0.3, 0.4) is 0 Å². The van der Waals surface area contributed by atoms with Gasteiger partial charge in [-0.15, -0.1) is 0 Å². The van der Waals surface area contributed by atoms with Crippen LogP contribution in [0.15, 0.2) is 0 Å². The molecule has 3 nitrogen and oxygen atoms in total. The minimum atomic E-state index is -0.00849. The van der Waals surface area contributed by atoms with Gasteiger partial charge in [-0.1, -0.05) is 70.6 Å². The molecule has 1 atom stereocenters. The summed E-state index contributed by atoms with van der Waals surface area (Å²) in [5, 5.41) is 17.4.